The third-order valence-electron chi connectivity index (χ3n) is 5.35. The number of carboxylic acid groups (broad SMARTS) is 1. The molecule has 0 unspecified atom stereocenters. The maximum Gasteiger partial charge on any atom is 0.303 e. The Bertz CT molecular complexity index is 1160. The van der Waals surface area contributed by atoms with Gasteiger partial charge in [0.1, 0.15) is 5.69 Å². The molecule has 0 radical (unpaired) electrons. The molecular formula is C22H22ClF2N3O5. The SMILES string of the molecule is CC(C)(CCC(=O)O)NC(=O)C(=O)c1c(Cl)c(C(=O)Nc2ccc(F)c(F)c2)c2n1CCC2. The molecular weight excluding hydrogens is 460 g/mol. The van der Waals surface area contributed by atoms with Crippen LogP contribution in [0.25, 0.3) is 0 Å². The van der Waals surface area contributed by atoms with Crippen LogP contribution >= 0.6 is 11.6 Å². The minimum atomic E-state index is -1.14. The number of hydrogen-bond acceptors (Lipinski definition) is 4. The van der Waals surface area contributed by atoms with E-state index >= 15 is 0 Å². The van der Waals surface area contributed by atoms with Crippen molar-refractivity contribution in [3.8, 4) is 0 Å². The summed E-state index contributed by atoms with van der Waals surface area (Å²) in [4.78, 5) is 49.3. The molecule has 3 rings (SSSR count). The summed E-state index contributed by atoms with van der Waals surface area (Å²) in [5.74, 6) is -5.91. The van der Waals surface area contributed by atoms with E-state index in [2.05, 4.69) is 10.6 Å². The minimum Gasteiger partial charge on any atom is -0.481 e. The Kier molecular flexibility index (Phi) is 6.87. The highest BCUT2D eigenvalue weighted by molar-refractivity contribution is 6.48. The molecule has 3 N–H and O–H groups in total. The predicted octanol–water partition coefficient (Wildman–Crippen LogP) is 3.56. The number of Topliss-reactive ketones (excluding diaryl/α,β-unsaturated/α-hetero) is 1. The van der Waals surface area contributed by atoms with Crippen molar-refractivity contribution in [1.82, 2.24) is 9.88 Å². The Morgan fingerprint density at radius 1 is 1.18 bits per heavy atom. The molecule has 2 amide bonds. The predicted molar refractivity (Wildman–Crippen MR) is 115 cm³/mol. The molecule has 2 aromatic rings. The van der Waals surface area contributed by atoms with Crippen molar-refractivity contribution in [2.75, 3.05) is 5.32 Å². The van der Waals surface area contributed by atoms with Crippen LogP contribution < -0.4 is 10.6 Å². The highest BCUT2D eigenvalue weighted by Gasteiger charge is 2.35. The topological polar surface area (TPSA) is 118 Å². The average molecular weight is 482 g/mol. The van der Waals surface area contributed by atoms with E-state index < -0.39 is 40.7 Å². The lowest BCUT2D eigenvalue weighted by Gasteiger charge is -2.25. The zero-order valence-electron chi connectivity index (χ0n) is 17.9. The summed E-state index contributed by atoms with van der Waals surface area (Å²) in [6.45, 7) is 3.54. The molecule has 0 spiro atoms. The van der Waals surface area contributed by atoms with Crippen molar-refractivity contribution >= 4 is 40.9 Å². The normalized spacial score (nSPS) is 12.9. The van der Waals surface area contributed by atoms with E-state index in [1.54, 1.807) is 13.8 Å². The lowest BCUT2D eigenvalue weighted by Crippen LogP contribution is -2.47. The standard InChI is InChI=1S/C22H22ClF2N3O5/c1-22(2,8-7-15(29)30)27-21(33)19(31)18-17(23)16(14-4-3-9-28(14)18)20(32)26-11-5-6-12(24)13(25)10-11/h5-6,10H,3-4,7-9H2,1-2H3,(H,26,32)(H,27,33)(H,29,30). The summed E-state index contributed by atoms with van der Waals surface area (Å²) < 4.78 is 28.2. The fraction of sp³-hybridized carbons (Fsp3) is 0.364. The third-order valence-corrected chi connectivity index (χ3v) is 5.72. The average Bonchev–Trinajstić information content (AvgIpc) is 3.28. The van der Waals surface area contributed by atoms with Gasteiger partial charge in [-0.2, -0.15) is 0 Å². The number of aliphatic carboxylic acids is 1. The van der Waals surface area contributed by atoms with Crippen LogP contribution in [0.2, 0.25) is 5.02 Å². The molecule has 8 nitrogen and oxygen atoms in total. The molecule has 2 heterocycles. The van der Waals surface area contributed by atoms with Gasteiger partial charge in [0.05, 0.1) is 10.6 Å². The summed E-state index contributed by atoms with van der Waals surface area (Å²) >= 11 is 6.38. The van der Waals surface area contributed by atoms with Gasteiger partial charge in [0.15, 0.2) is 11.6 Å². The largest absolute Gasteiger partial charge is 0.481 e. The summed E-state index contributed by atoms with van der Waals surface area (Å²) in [7, 11) is 0. The van der Waals surface area contributed by atoms with Crippen LogP contribution in [0, 0.1) is 11.6 Å². The number of carboxylic acids is 1. The highest BCUT2D eigenvalue weighted by atomic mass is 35.5. The minimum absolute atomic E-state index is 0.00119. The number of halogens is 3. The van der Waals surface area contributed by atoms with Crippen molar-refractivity contribution < 1.29 is 33.1 Å². The molecule has 0 saturated carbocycles. The number of amides is 2. The van der Waals surface area contributed by atoms with Gasteiger partial charge >= 0.3 is 5.97 Å². The van der Waals surface area contributed by atoms with E-state index in [1.807, 2.05) is 0 Å². The number of aromatic nitrogens is 1. The van der Waals surface area contributed by atoms with E-state index in [0.29, 0.717) is 25.1 Å². The second-order valence-corrected chi connectivity index (χ2v) is 8.76. The van der Waals surface area contributed by atoms with E-state index in [1.165, 1.54) is 10.6 Å². The molecule has 0 aliphatic carbocycles. The number of ketones is 1. The number of carbonyl (C=O) groups excluding carboxylic acids is 3. The van der Waals surface area contributed by atoms with Crippen LogP contribution in [0.1, 0.15) is 59.7 Å². The molecule has 1 aliphatic rings. The van der Waals surface area contributed by atoms with Crippen molar-refractivity contribution in [3.05, 3.63) is 51.8 Å². The first kappa shape index (κ1) is 24.4. The quantitative estimate of drug-likeness (QED) is 0.393. The zero-order valence-corrected chi connectivity index (χ0v) is 18.7. The van der Waals surface area contributed by atoms with Crippen molar-refractivity contribution in [1.29, 1.82) is 0 Å². The van der Waals surface area contributed by atoms with Crippen molar-refractivity contribution in [2.45, 2.75) is 51.6 Å². The molecule has 11 heteroatoms. The number of benzene rings is 1. The molecule has 176 valence electrons. The number of anilines is 1. The van der Waals surface area contributed by atoms with Gasteiger partial charge in [0.25, 0.3) is 17.6 Å². The Balaban J connectivity index is 1.87. The summed E-state index contributed by atoms with van der Waals surface area (Å²) in [5, 5.41) is 13.6. The van der Waals surface area contributed by atoms with Crippen LogP contribution in [-0.2, 0) is 22.6 Å². The van der Waals surface area contributed by atoms with Crippen LogP contribution in [0.5, 0.6) is 0 Å². The second kappa shape index (κ2) is 9.30. The van der Waals surface area contributed by atoms with Crippen molar-refractivity contribution in [3.63, 3.8) is 0 Å². The molecule has 1 aromatic carbocycles. The molecule has 1 aromatic heterocycles. The van der Waals surface area contributed by atoms with E-state index in [4.69, 9.17) is 16.7 Å². The van der Waals surface area contributed by atoms with Gasteiger partial charge in [0.2, 0.25) is 0 Å². The van der Waals surface area contributed by atoms with Gasteiger partial charge in [-0.25, -0.2) is 8.78 Å². The van der Waals surface area contributed by atoms with Gasteiger partial charge in [-0.15, -0.1) is 0 Å². The molecule has 0 saturated heterocycles. The van der Waals surface area contributed by atoms with Crippen LogP contribution in [-0.4, -0.2) is 38.8 Å². The fourth-order valence-corrected chi connectivity index (χ4v) is 4.10. The van der Waals surface area contributed by atoms with Gasteiger partial charge < -0.3 is 20.3 Å². The van der Waals surface area contributed by atoms with E-state index in [0.717, 1.165) is 12.1 Å². The summed E-state index contributed by atoms with van der Waals surface area (Å²) in [6, 6.07) is 2.86. The molecule has 1 aliphatic heterocycles. The fourth-order valence-electron chi connectivity index (χ4n) is 3.72. The Labute approximate surface area is 192 Å². The highest BCUT2D eigenvalue weighted by Crippen LogP contribution is 2.34. The first-order chi connectivity index (χ1) is 15.4. The summed E-state index contributed by atoms with van der Waals surface area (Å²) in [5.41, 5.74) is -0.670. The van der Waals surface area contributed by atoms with Gasteiger partial charge in [-0.1, -0.05) is 11.6 Å². The van der Waals surface area contributed by atoms with Crippen LogP contribution in [0.15, 0.2) is 18.2 Å². The Morgan fingerprint density at radius 2 is 1.88 bits per heavy atom. The third kappa shape index (κ3) is 5.22. The molecule has 0 atom stereocenters. The molecule has 0 bridgehead atoms. The van der Waals surface area contributed by atoms with Gasteiger partial charge in [0, 0.05) is 36.0 Å². The second-order valence-electron chi connectivity index (χ2n) is 8.38. The number of nitrogens with one attached hydrogen (secondary N) is 2. The monoisotopic (exact) mass is 481 g/mol. The first-order valence-electron chi connectivity index (χ1n) is 10.2. The summed E-state index contributed by atoms with van der Waals surface area (Å²) in [6.07, 6.45) is 0.948. The van der Waals surface area contributed by atoms with Crippen molar-refractivity contribution in [2.24, 2.45) is 0 Å². The zero-order chi connectivity index (χ0) is 24.5. The lowest BCUT2D eigenvalue weighted by molar-refractivity contribution is -0.137. The number of hydrogen-bond donors (Lipinski definition) is 3. The van der Waals surface area contributed by atoms with Gasteiger partial charge in [-0.3, -0.25) is 19.2 Å². The number of rotatable bonds is 8. The van der Waals surface area contributed by atoms with Gasteiger partial charge in [-0.05, 0) is 45.2 Å². The number of carbonyl (C=O) groups is 4. The number of fused-ring (bicyclic) bond motifs is 1. The Morgan fingerprint density at radius 3 is 2.52 bits per heavy atom. The smallest absolute Gasteiger partial charge is 0.303 e. The molecule has 33 heavy (non-hydrogen) atoms. The maximum atomic E-state index is 13.5. The van der Waals surface area contributed by atoms with Crippen LogP contribution in [0.4, 0.5) is 14.5 Å². The van der Waals surface area contributed by atoms with Crippen LogP contribution in [0.3, 0.4) is 0 Å². The number of nitrogens with zero attached hydrogens (tertiary/aromatic N) is 1. The Hall–Kier alpha value is -3.27. The van der Waals surface area contributed by atoms with E-state index in [-0.39, 0.29) is 34.8 Å². The molecule has 0 fully saturated rings. The maximum absolute atomic E-state index is 13.5. The first-order valence-corrected chi connectivity index (χ1v) is 10.5. The lowest BCUT2D eigenvalue weighted by atomic mass is 9.98. The van der Waals surface area contributed by atoms with E-state index in [9.17, 15) is 28.0 Å².